The second kappa shape index (κ2) is 7.68. The summed E-state index contributed by atoms with van der Waals surface area (Å²) in [5.41, 5.74) is 1.16. The molecule has 0 aliphatic heterocycles. The lowest BCUT2D eigenvalue weighted by Crippen LogP contribution is -2.35. The Kier molecular flexibility index (Phi) is 6.49. The van der Waals surface area contributed by atoms with E-state index in [1.54, 1.807) is 0 Å². The van der Waals surface area contributed by atoms with Crippen molar-refractivity contribution in [1.82, 2.24) is 5.32 Å². The monoisotopic (exact) mass is 241 g/mol. The summed E-state index contributed by atoms with van der Waals surface area (Å²) in [5.74, 6) is 1.08. The van der Waals surface area contributed by atoms with Gasteiger partial charge < -0.3 is 15.5 Å². The highest BCUT2D eigenvalue weighted by atomic mass is 32.2. The predicted octanol–water partition coefficient (Wildman–Crippen LogP) is 1.24. The lowest BCUT2D eigenvalue weighted by molar-refractivity contribution is 0.170. The minimum Gasteiger partial charge on any atom is -0.395 e. The van der Waals surface area contributed by atoms with Crippen LogP contribution in [0.25, 0.3) is 0 Å². The maximum Gasteiger partial charge on any atom is 0.0607 e. The summed E-state index contributed by atoms with van der Waals surface area (Å²) in [4.78, 5) is 1.27. The molecule has 0 aromatic heterocycles. The smallest absolute Gasteiger partial charge is 0.0607 e. The van der Waals surface area contributed by atoms with Gasteiger partial charge in [0.25, 0.3) is 0 Å². The third-order valence-corrected chi connectivity index (χ3v) is 3.16. The first kappa shape index (κ1) is 13.5. The van der Waals surface area contributed by atoms with Crippen LogP contribution in [-0.2, 0) is 6.54 Å². The van der Waals surface area contributed by atoms with Crippen LogP contribution < -0.4 is 5.32 Å². The van der Waals surface area contributed by atoms with Gasteiger partial charge in [-0.2, -0.15) is 0 Å². The highest BCUT2D eigenvalue weighted by Crippen LogP contribution is 2.17. The van der Waals surface area contributed by atoms with Gasteiger partial charge in [-0.3, -0.25) is 0 Å². The molecule has 1 aromatic rings. The van der Waals surface area contributed by atoms with Crippen LogP contribution in [0.2, 0.25) is 0 Å². The Balaban J connectivity index is 2.42. The van der Waals surface area contributed by atoms with Gasteiger partial charge in [0, 0.05) is 11.4 Å². The molecule has 0 spiro atoms. The number of aliphatic hydroxyl groups is 2. The van der Waals surface area contributed by atoms with Crippen molar-refractivity contribution in [2.45, 2.75) is 24.4 Å². The molecule has 0 radical (unpaired) electrons. The van der Waals surface area contributed by atoms with E-state index in [9.17, 15) is 0 Å². The van der Waals surface area contributed by atoms with Crippen LogP contribution >= 0.6 is 11.8 Å². The maximum absolute atomic E-state index is 8.89. The summed E-state index contributed by atoms with van der Waals surface area (Å²) < 4.78 is 0. The fourth-order valence-corrected chi connectivity index (χ4v) is 1.98. The van der Waals surface area contributed by atoms with E-state index in [0.29, 0.717) is 6.54 Å². The molecule has 90 valence electrons. The van der Waals surface area contributed by atoms with Crippen molar-refractivity contribution in [2.24, 2.45) is 0 Å². The Labute approximate surface area is 101 Å². The summed E-state index contributed by atoms with van der Waals surface area (Å²) in [6, 6.07) is 8.09. The fraction of sp³-hybridized carbons (Fsp3) is 0.500. The summed E-state index contributed by atoms with van der Waals surface area (Å²) >= 11 is 1.82. The second-order valence-electron chi connectivity index (χ2n) is 3.52. The molecule has 0 saturated heterocycles. The molecular weight excluding hydrogens is 222 g/mol. The first-order valence-electron chi connectivity index (χ1n) is 5.47. The Hall–Kier alpha value is -0.550. The molecule has 3 nitrogen and oxygen atoms in total. The molecule has 0 atom stereocenters. The predicted molar refractivity (Wildman–Crippen MR) is 67.6 cm³/mol. The Morgan fingerprint density at radius 1 is 1.19 bits per heavy atom. The maximum atomic E-state index is 8.89. The van der Waals surface area contributed by atoms with Gasteiger partial charge in [0.2, 0.25) is 0 Å². The number of benzene rings is 1. The van der Waals surface area contributed by atoms with Crippen LogP contribution in [0.15, 0.2) is 29.2 Å². The summed E-state index contributed by atoms with van der Waals surface area (Å²) in [5, 5.41) is 20.9. The quantitative estimate of drug-likeness (QED) is 0.629. The van der Waals surface area contributed by atoms with Gasteiger partial charge in [-0.05, 0) is 23.4 Å². The van der Waals surface area contributed by atoms with Crippen molar-refractivity contribution in [2.75, 3.05) is 19.0 Å². The van der Waals surface area contributed by atoms with E-state index >= 15 is 0 Å². The number of nitrogens with one attached hydrogen (secondary N) is 1. The van der Waals surface area contributed by atoms with Crippen LogP contribution in [0.5, 0.6) is 0 Å². The van der Waals surface area contributed by atoms with Crippen molar-refractivity contribution in [3.8, 4) is 0 Å². The van der Waals surface area contributed by atoms with Gasteiger partial charge in [0.05, 0.1) is 19.3 Å². The number of thioether (sulfide) groups is 1. The number of hydrogen-bond donors (Lipinski definition) is 3. The van der Waals surface area contributed by atoms with Gasteiger partial charge in [0.1, 0.15) is 0 Å². The van der Waals surface area contributed by atoms with Crippen LogP contribution in [0.4, 0.5) is 0 Å². The van der Waals surface area contributed by atoms with Crippen LogP contribution in [0.3, 0.4) is 0 Å². The Morgan fingerprint density at radius 2 is 1.81 bits per heavy atom. The van der Waals surface area contributed by atoms with Gasteiger partial charge in [-0.1, -0.05) is 19.1 Å². The standard InChI is InChI=1S/C12H19NO2S/c1-2-16-12-5-3-10(4-6-12)7-13-11(8-14)9-15/h3-6,11,13-15H,2,7-9H2,1H3. The van der Waals surface area contributed by atoms with Crippen molar-refractivity contribution in [3.05, 3.63) is 29.8 Å². The molecule has 0 fully saturated rings. The van der Waals surface area contributed by atoms with E-state index in [0.717, 1.165) is 11.3 Å². The van der Waals surface area contributed by atoms with E-state index in [4.69, 9.17) is 10.2 Å². The van der Waals surface area contributed by atoms with Crippen molar-refractivity contribution in [3.63, 3.8) is 0 Å². The molecule has 1 rings (SSSR count). The zero-order valence-corrected chi connectivity index (χ0v) is 10.3. The third kappa shape index (κ3) is 4.53. The largest absolute Gasteiger partial charge is 0.395 e. The zero-order valence-electron chi connectivity index (χ0n) is 9.52. The van der Waals surface area contributed by atoms with E-state index in [1.807, 2.05) is 11.8 Å². The normalized spacial score (nSPS) is 11.0. The number of hydrogen-bond acceptors (Lipinski definition) is 4. The average molecular weight is 241 g/mol. The molecule has 0 aliphatic rings. The molecule has 0 saturated carbocycles. The molecule has 0 aliphatic carbocycles. The second-order valence-corrected chi connectivity index (χ2v) is 4.86. The molecule has 0 unspecified atom stereocenters. The Morgan fingerprint density at radius 3 is 2.31 bits per heavy atom. The first-order valence-corrected chi connectivity index (χ1v) is 6.45. The third-order valence-electron chi connectivity index (χ3n) is 2.27. The average Bonchev–Trinajstić information content (AvgIpc) is 2.33. The molecule has 1 aromatic carbocycles. The van der Waals surface area contributed by atoms with Gasteiger partial charge in [-0.25, -0.2) is 0 Å². The van der Waals surface area contributed by atoms with Crippen molar-refractivity contribution < 1.29 is 10.2 Å². The molecule has 4 heteroatoms. The molecule has 0 amide bonds. The van der Waals surface area contributed by atoms with Crippen molar-refractivity contribution in [1.29, 1.82) is 0 Å². The SMILES string of the molecule is CCSc1ccc(CNC(CO)CO)cc1. The lowest BCUT2D eigenvalue weighted by atomic mass is 10.2. The van der Waals surface area contributed by atoms with Gasteiger partial charge in [0.15, 0.2) is 0 Å². The van der Waals surface area contributed by atoms with Crippen LogP contribution in [-0.4, -0.2) is 35.2 Å². The van der Waals surface area contributed by atoms with Gasteiger partial charge in [-0.15, -0.1) is 11.8 Å². The topological polar surface area (TPSA) is 52.5 Å². The highest BCUT2D eigenvalue weighted by Gasteiger charge is 2.04. The number of aliphatic hydroxyl groups excluding tert-OH is 2. The first-order chi connectivity index (χ1) is 7.80. The highest BCUT2D eigenvalue weighted by molar-refractivity contribution is 7.99. The molecule has 3 N–H and O–H groups in total. The zero-order chi connectivity index (χ0) is 11.8. The van der Waals surface area contributed by atoms with Crippen molar-refractivity contribution >= 4 is 11.8 Å². The van der Waals surface area contributed by atoms with Crippen LogP contribution in [0, 0.1) is 0 Å². The summed E-state index contributed by atoms with van der Waals surface area (Å²) in [6.45, 7) is 2.72. The lowest BCUT2D eigenvalue weighted by Gasteiger charge is -2.13. The fourth-order valence-electron chi connectivity index (χ4n) is 1.32. The van der Waals surface area contributed by atoms with E-state index in [1.165, 1.54) is 4.90 Å². The van der Waals surface area contributed by atoms with Gasteiger partial charge >= 0.3 is 0 Å². The van der Waals surface area contributed by atoms with E-state index in [2.05, 4.69) is 36.5 Å². The minimum absolute atomic E-state index is 0.0414. The molecular formula is C12H19NO2S. The number of rotatable bonds is 7. The van der Waals surface area contributed by atoms with E-state index < -0.39 is 0 Å². The summed E-state index contributed by atoms with van der Waals surface area (Å²) in [6.07, 6.45) is 0. The van der Waals surface area contributed by atoms with Crippen LogP contribution in [0.1, 0.15) is 12.5 Å². The minimum atomic E-state index is -0.232. The Bertz CT molecular complexity index is 286. The van der Waals surface area contributed by atoms with E-state index in [-0.39, 0.29) is 19.3 Å². The molecule has 0 bridgehead atoms. The summed E-state index contributed by atoms with van der Waals surface area (Å²) in [7, 11) is 0. The molecule has 0 heterocycles. The molecule has 16 heavy (non-hydrogen) atoms.